The predicted octanol–water partition coefficient (Wildman–Crippen LogP) is 3.94. The Morgan fingerprint density at radius 1 is 1.17 bits per heavy atom. The SMILES string of the molecule is CC(=O)OC1(Oc2ccc(Cl)cc2)CCCCC1. The van der Waals surface area contributed by atoms with E-state index in [9.17, 15) is 4.79 Å². The van der Waals surface area contributed by atoms with Crippen molar-refractivity contribution >= 4 is 17.6 Å². The first kappa shape index (κ1) is 13.2. The van der Waals surface area contributed by atoms with Crippen LogP contribution in [0.5, 0.6) is 5.75 Å². The molecule has 1 saturated carbocycles. The quantitative estimate of drug-likeness (QED) is 0.615. The highest BCUT2D eigenvalue weighted by molar-refractivity contribution is 6.30. The molecule has 0 aliphatic heterocycles. The third-order valence-electron chi connectivity index (χ3n) is 3.06. The fourth-order valence-electron chi connectivity index (χ4n) is 2.29. The second-order valence-electron chi connectivity index (χ2n) is 4.62. The maximum atomic E-state index is 11.2. The molecule has 0 amide bonds. The van der Waals surface area contributed by atoms with Gasteiger partial charge in [-0.15, -0.1) is 0 Å². The van der Waals surface area contributed by atoms with Crippen LogP contribution in [-0.2, 0) is 9.53 Å². The molecular weight excluding hydrogens is 252 g/mol. The van der Waals surface area contributed by atoms with Crippen molar-refractivity contribution in [1.29, 1.82) is 0 Å². The third-order valence-corrected chi connectivity index (χ3v) is 3.31. The van der Waals surface area contributed by atoms with E-state index in [1.54, 1.807) is 24.3 Å². The van der Waals surface area contributed by atoms with Crippen LogP contribution in [0.15, 0.2) is 24.3 Å². The molecule has 0 radical (unpaired) electrons. The van der Waals surface area contributed by atoms with Crippen molar-refractivity contribution in [2.75, 3.05) is 0 Å². The standard InChI is InChI=1S/C14H17ClO3/c1-11(16)17-14(9-3-2-4-10-14)18-13-7-5-12(15)6-8-13/h5-8H,2-4,9-10H2,1H3. The van der Waals surface area contributed by atoms with Crippen LogP contribution in [-0.4, -0.2) is 11.8 Å². The van der Waals surface area contributed by atoms with Gasteiger partial charge in [0.15, 0.2) is 0 Å². The Kier molecular flexibility index (Phi) is 4.12. The highest BCUT2D eigenvalue weighted by atomic mass is 35.5. The normalized spacial score (nSPS) is 18.1. The number of esters is 1. The van der Waals surface area contributed by atoms with Crippen LogP contribution in [0.25, 0.3) is 0 Å². The fourth-order valence-corrected chi connectivity index (χ4v) is 2.42. The van der Waals surface area contributed by atoms with Gasteiger partial charge in [-0.05, 0) is 37.1 Å². The number of ether oxygens (including phenoxy) is 2. The smallest absolute Gasteiger partial charge is 0.305 e. The van der Waals surface area contributed by atoms with Gasteiger partial charge in [0.1, 0.15) is 5.75 Å². The second-order valence-corrected chi connectivity index (χ2v) is 5.06. The molecule has 0 aromatic heterocycles. The molecule has 2 rings (SSSR count). The van der Waals surface area contributed by atoms with Crippen LogP contribution in [0, 0.1) is 0 Å². The number of benzene rings is 1. The minimum absolute atomic E-state index is 0.300. The summed E-state index contributed by atoms with van der Waals surface area (Å²) in [6.07, 6.45) is 4.68. The number of hydrogen-bond donors (Lipinski definition) is 0. The van der Waals surface area contributed by atoms with Gasteiger partial charge in [0.25, 0.3) is 5.79 Å². The lowest BCUT2D eigenvalue weighted by Crippen LogP contribution is -2.42. The zero-order chi connectivity index (χ0) is 13.0. The van der Waals surface area contributed by atoms with Crippen LogP contribution in [0.2, 0.25) is 5.02 Å². The number of carbonyl (C=O) groups is 1. The average molecular weight is 269 g/mol. The largest absolute Gasteiger partial charge is 0.452 e. The van der Waals surface area contributed by atoms with Crippen molar-refractivity contribution in [3.63, 3.8) is 0 Å². The fraction of sp³-hybridized carbons (Fsp3) is 0.500. The molecule has 3 nitrogen and oxygen atoms in total. The maximum Gasteiger partial charge on any atom is 0.305 e. The van der Waals surface area contributed by atoms with E-state index in [4.69, 9.17) is 21.1 Å². The number of rotatable bonds is 3. The zero-order valence-corrected chi connectivity index (χ0v) is 11.2. The Balaban J connectivity index is 2.13. The average Bonchev–Trinajstić information content (AvgIpc) is 2.32. The van der Waals surface area contributed by atoms with Crippen LogP contribution in [0.1, 0.15) is 39.0 Å². The van der Waals surface area contributed by atoms with Gasteiger partial charge in [-0.2, -0.15) is 0 Å². The molecule has 0 N–H and O–H groups in total. The van der Waals surface area contributed by atoms with Gasteiger partial charge >= 0.3 is 5.97 Å². The molecular formula is C14H17ClO3. The maximum absolute atomic E-state index is 11.2. The van der Waals surface area contributed by atoms with E-state index in [0.29, 0.717) is 10.8 Å². The molecule has 98 valence electrons. The highest BCUT2D eigenvalue weighted by Gasteiger charge is 2.37. The van der Waals surface area contributed by atoms with Gasteiger partial charge < -0.3 is 9.47 Å². The zero-order valence-electron chi connectivity index (χ0n) is 10.4. The number of hydrogen-bond acceptors (Lipinski definition) is 3. The van der Waals surface area contributed by atoms with E-state index in [2.05, 4.69) is 0 Å². The molecule has 4 heteroatoms. The van der Waals surface area contributed by atoms with Crippen molar-refractivity contribution in [3.05, 3.63) is 29.3 Å². The Labute approximate surface area is 112 Å². The number of carbonyl (C=O) groups excluding carboxylic acids is 1. The molecule has 1 fully saturated rings. The Hall–Kier alpha value is -1.22. The summed E-state index contributed by atoms with van der Waals surface area (Å²) >= 11 is 5.83. The molecule has 0 spiro atoms. The van der Waals surface area contributed by atoms with Crippen molar-refractivity contribution in [1.82, 2.24) is 0 Å². The first-order valence-electron chi connectivity index (χ1n) is 6.24. The Morgan fingerprint density at radius 2 is 1.78 bits per heavy atom. The van der Waals surface area contributed by atoms with E-state index >= 15 is 0 Å². The summed E-state index contributed by atoms with van der Waals surface area (Å²) in [5.41, 5.74) is 0. The van der Waals surface area contributed by atoms with E-state index in [1.165, 1.54) is 6.92 Å². The Bertz CT molecular complexity index is 408. The minimum atomic E-state index is -0.794. The number of halogens is 1. The van der Waals surface area contributed by atoms with Gasteiger partial charge in [0, 0.05) is 24.8 Å². The van der Waals surface area contributed by atoms with Crippen molar-refractivity contribution in [2.45, 2.75) is 44.8 Å². The van der Waals surface area contributed by atoms with Crippen LogP contribution in [0.3, 0.4) is 0 Å². The van der Waals surface area contributed by atoms with Gasteiger partial charge in [0.2, 0.25) is 0 Å². The lowest BCUT2D eigenvalue weighted by Gasteiger charge is -2.36. The summed E-state index contributed by atoms with van der Waals surface area (Å²) in [6.45, 7) is 1.42. The molecule has 1 aliphatic rings. The van der Waals surface area contributed by atoms with E-state index < -0.39 is 5.79 Å². The van der Waals surface area contributed by atoms with Crippen molar-refractivity contribution in [3.8, 4) is 5.75 Å². The molecule has 18 heavy (non-hydrogen) atoms. The van der Waals surface area contributed by atoms with Gasteiger partial charge in [0.05, 0.1) is 0 Å². The lowest BCUT2D eigenvalue weighted by atomic mass is 9.94. The van der Waals surface area contributed by atoms with Gasteiger partial charge in [-0.1, -0.05) is 18.0 Å². The molecule has 1 aromatic carbocycles. The second kappa shape index (κ2) is 5.61. The summed E-state index contributed by atoms with van der Waals surface area (Å²) in [5.74, 6) is -0.411. The Morgan fingerprint density at radius 3 is 2.33 bits per heavy atom. The molecule has 0 bridgehead atoms. The summed E-state index contributed by atoms with van der Waals surface area (Å²) in [4.78, 5) is 11.2. The van der Waals surface area contributed by atoms with E-state index in [1.807, 2.05) is 0 Å². The molecule has 1 aliphatic carbocycles. The molecule has 0 atom stereocenters. The van der Waals surface area contributed by atoms with Crippen LogP contribution >= 0.6 is 11.6 Å². The van der Waals surface area contributed by atoms with Crippen molar-refractivity contribution < 1.29 is 14.3 Å². The monoisotopic (exact) mass is 268 g/mol. The predicted molar refractivity (Wildman–Crippen MR) is 69.7 cm³/mol. The van der Waals surface area contributed by atoms with Crippen LogP contribution < -0.4 is 4.74 Å². The summed E-state index contributed by atoms with van der Waals surface area (Å²) in [6, 6.07) is 7.12. The van der Waals surface area contributed by atoms with Crippen molar-refractivity contribution in [2.24, 2.45) is 0 Å². The molecule has 1 aromatic rings. The minimum Gasteiger partial charge on any atom is -0.452 e. The van der Waals surface area contributed by atoms with Gasteiger partial charge in [-0.25, -0.2) is 0 Å². The van der Waals surface area contributed by atoms with Crippen LogP contribution in [0.4, 0.5) is 0 Å². The molecule has 0 unspecified atom stereocenters. The third kappa shape index (κ3) is 3.39. The topological polar surface area (TPSA) is 35.5 Å². The highest BCUT2D eigenvalue weighted by Crippen LogP contribution is 2.34. The first-order chi connectivity index (χ1) is 8.60. The summed E-state index contributed by atoms with van der Waals surface area (Å²) < 4.78 is 11.3. The van der Waals surface area contributed by atoms with E-state index in [-0.39, 0.29) is 5.97 Å². The summed E-state index contributed by atoms with van der Waals surface area (Å²) in [7, 11) is 0. The first-order valence-corrected chi connectivity index (χ1v) is 6.62. The molecule has 0 heterocycles. The van der Waals surface area contributed by atoms with E-state index in [0.717, 1.165) is 32.1 Å². The lowest BCUT2D eigenvalue weighted by molar-refractivity contribution is -0.206. The molecule has 0 saturated heterocycles. The van der Waals surface area contributed by atoms with Gasteiger partial charge in [-0.3, -0.25) is 4.79 Å². The summed E-state index contributed by atoms with van der Waals surface area (Å²) in [5, 5.41) is 0.660.